The summed E-state index contributed by atoms with van der Waals surface area (Å²) in [6, 6.07) is 57.2. The number of ether oxygens (including phenoxy) is 5. The number of hydrogen-bond acceptors (Lipinski definition) is 10. The van der Waals surface area contributed by atoms with Crippen molar-refractivity contribution in [3.63, 3.8) is 0 Å². The van der Waals surface area contributed by atoms with Gasteiger partial charge in [0.2, 0.25) is 5.95 Å². The lowest BCUT2D eigenvalue weighted by Crippen LogP contribution is -2.47. The quantitative estimate of drug-likeness (QED) is 0.0949. The number of thiazole rings is 1. The van der Waals surface area contributed by atoms with Crippen LogP contribution in [0.1, 0.15) is 72.5 Å². The second-order valence-electron chi connectivity index (χ2n) is 17.6. The van der Waals surface area contributed by atoms with E-state index in [-0.39, 0.29) is 23.0 Å². The number of benzene rings is 6. The Morgan fingerprint density at radius 1 is 0.657 bits per heavy atom. The van der Waals surface area contributed by atoms with Crippen molar-refractivity contribution >= 4 is 27.6 Å². The maximum absolute atomic E-state index is 14.7. The summed E-state index contributed by atoms with van der Waals surface area (Å²) in [7, 11) is 5.01. The van der Waals surface area contributed by atoms with Crippen molar-refractivity contribution in [2.45, 2.75) is 69.3 Å². The normalized spacial score (nSPS) is 17.0. The standard InChI is InChI=1S/C56H56N4O6S/c1-37-49-50(58-52(57-37)59-55(39-20-12-8-13-21-39,40-22-14-9-15-23-40)41-28-32-45(63-6)33-29-41)60(53(61)67-49)51-47(36-48(65-51)38(2)62-5)54(3,4)66-56(42-24-16-10-17-25-42,43-26-18-11-19-27-43)44-30-34-46(64-7)35-31-44/h8-35,38,47-48,51H,36H2,1-7H3,(H,57,58,59)/t38-,47?,48-,51?/m0/s1. The number of methoxy groups -OCH3 is 3. The van der Waals surface area contributed by atoms with Crippen molar-refractivity contribution in [1.29, 1.82) is 0 Å². The van der Waals surface area contributed by atoms with E-state index in [0.29, 0.717) is 28.4 Å². The van der Waals surface area contributed by atoms with Gasteiger partial charge in [0.25, 0.3) is 0 Å². The van der Waals surface area contributed by atoms with E-state index in [9.17, 15) is 4.79 Å². The van der Waals surface area contributed by atoms with Gasteiger partial charge in [-0.3, -0.25) is 9.36 Å². The first kappa shape index (κ1) is 45.5. The van der Waals surface area contributed by atoms with Crippen LogP contribution in [0, 0.1) is 12.8 Å². The number of rotatable bonds is 16. The first-order valence-electron chi connectivity index (χ1n) is 22.6. The molecule has 0 radical (unpaired) electrons. The third-order valence-corrected chi connectivity index (χ3v) is 14.4. The second-order valence-corrected chi connectivity index (χ2v) is 18.5. The SMILES string of the molecule is COc1ccc(C(Nc2nc(C)c3sc(=O)n(C4O[C@H]([C@H](C)OC)CC4C(C)(C)OC(c4ccccc4)(c4ccccc4)c4ccc(OC)cc4)c3n2)(c2ccccc2)c2ccccc2)cc1. The van der Waals surface area contributed by atoms with Gasteiger partial charge in [-0.05, 0) is 91.8 Å². The van der Waals surface area contributed by atoms with Crippen molar-refractivity contribution in [2.75, 3.05) is 26.6 Å². The number of hydrogen-bond donors (Lipinski definition) is 1. The van der Waals surface area contributed by atoms with E-state index < -0.39 is 23.0 Å². The lowest BCUT2D eigenvalue weighted by atomic mass is 9.77. The second kappa shape index (κ2) is 18.9. The maximum atomic E-state index is 14.7. The fourth-order valence-corrected chi connectivity index (χ4v) is 10.7. The maximum Gasteiger partial charge on any atom is 0.311 e. The minimum Gasteiger partial charge on any atom is -0.497 e. The average Bonchev–Trinajstić information content (AvgIpc) is 3.97. The van der Waals surface area contributed by atoms with Crippen LogP contribution >= 0.6 is 11.3 Å². The van der Waals surface area contributed by atoms with Gasteiger partial charge in [-0.15, -0.1) is 0 Å². The van der Waals surface area contributed by atoms with Crippen LogP contribution in [0.4, 0.5) is 5.95 Å². The largest absolute Gasteiger partial charge is 0.497 e. The van der Waals surface area contributed by atoms with Crippen LogP contribution in [0.15, 0.2) is 175 Å². The Bertz CT molecular complexity index is 2890. The molecule has 8 aromatic rings. The molecule has 1 aliphatic rings. The zero-order valence-corrected chi connectivity index (χ0v) is 39.7. The molecule has 1 fully saturated rings. The molecule has 0 saturated carbocycles. The summed E-state index contributed by atoms with van der Waals surface area (Å²) in [5, 5.41) is 3.84. The van der Waals surface area contributed by atoms with E-state index >= 15 is 0 Å². The molecule has 11 heteroatoms. The molecule has 4 atom stereocenters. The summed E-state index contributed by atoms with van der Waals surface area (Å²) in [4.78, 5) is 24.9. The van der Waals surface area contributed by atoms with Gasteiger partial charge in [0.1, 0.15) is 28.9 Å². The van der Waals surface area contributed by atoms with Gasteiger partial charge in [0.15, 0.2) is 5.65 Å². The highest BCUT2D eigenvalue weighted by Gasteiger charge is 2.53. The van der Waals surface area contributed by atoms with Crippen molar-refractivity contribution in [1.82, 2.24) is 14.5 Å². The molecule has 1 aliphatic heterocycles. The van der Waals surface area contributed by atoms with Crippen LogP contribution in [-0.4, -0.2) is 53.7 Å². The molecule has 67 heavy (non-hydrogen) atoms. The van der Waals surface area contributed by atoms with Crippen LogP contribution in [0.5, 0.6) is 11.5 Å². The fraction of sp³-hybridized carbons (Fsp3) is 0.268. The Balaban J connectivity index is 1.21. The van der Waals surface area contributed by atoms with E-state index in [2.05, 4.69) is 92.0 Å². The number of nitrogens with one attached hydrogen (secondary N) is 1. The Kier molecular flexibility index (Phi) is 12.9. The molecular formula is C56H56N4O6S. The number of fused-ring (bicyclic) bond motifs is 1. The molecule has 0 spiro atoms. The van der Waals surface area contributed by atoms with Gasteiger partial charge in [-0.2, -0.15) is 4.98 Å². The van der Waals surface area contributed by atoms with Gasteiger partial charge in [0, 0.05) is 13.0 Å². The lowest BCUT2D eigenvalue weighted by Gasteiger charge is -2.45. The summed E-state index contributed by atoms with van der Waals surface area (Å²) in [6.45, 7) is 8.14. The smallest absolute Gasteiger partial charge is 0.311 e. The van der Waals surface area contributed by atoms with Crippen molar-refractivity contribution in [3.8, 4) is 11.5 Å². The van der Waals surface area contributed by atoms with Crippen molar-refractivity contribution in [2.24, 2.45) is 5.92 Å². The number of aryl methyl sites for hydroxylation is 1. The zero-order chi connectivity index (χ0) is 46.8. The molecule has 1 saturated heterocycles. The van der Waals surface area contributed by atoms with Gasteiger partial charge in [-0.25, -0.2) is 4.98 Å². The summed E-state index contributed by atoms with van der Waals surface area (Å²) in [5.74, 6) is 1.44. The van der Waals surface area contributed by atoms with E-state index in [0.717, 1.165) is 56.2 Å². The molecule has 1 N–H and O–H groups in total. The third kappa shape index (κ3) is 8.42. The molecule has 2 aromatic heterocycles. The highest BCUT2D eigenvalue weighted by molar-refractivity contribution is 7.16. The topological polar surface area (TPSA) is 106 Å². The fourth-order valence-electron chi connectivity index (χ4n) is 9.77. The summed E-state index contributed by atoms with van der Waals surface area (Å²) < 4.78 is 34.5. The van der Waals surface area contributed by atoms with Gasteiger partial charge in [-0.1, -0.05) is 157 Å². The number of nitrogens with zero attached hydrogens (tertiary/aromatic N) is 3. The summed E-state index contributed by atoms with van der Waals surface area (Å²) in [6.07, 6.45) is -0.908. The van der Waals surface area contributed by atoms with Crippen molar-refractivity contribution < 1.29 is 23.7 Å². The first-order valence-corrected chi connectivity index (χ1v) is 23.4. The molecule has 10 nitrogen and oxygen atoms in total. The Hall–Kier alpha value is -6.63. The minimum absolute atomic E-state index is 0.207. The Morgan fingerprint density at radius 2 is 1.10 bits per heavy atom. The molecular weight excluding hydrogens is 857 g/mol. The van der Waals surface area contributed by atoms with E-state index in [1.165, 1.54) is 0 Å². The van der Waals surface area contributed by atoms with E-state index in [1.54, 1.807) is 25.9 Å². The van der Waals surface area contributed by atoms with Gasteiger partial charge in [0.05, 0.1) is 42.4 Å². The zero-order valence-electron chi connectivity index (χ0n) is 38.9. The highest BCUT2D eigenvalue weighted by Crippen LogP contribution is 2.51. The Morgan fingerprint density at radius 3 is 1.58 bits per heavy atom. The lowest BCUT2D eigenvalue weighted by molar-refractivity contribution is -0.156. The molecule has 6 aromatic carbocycles. The summed E-state index contributed by atoms with van der Waals surface area (Å²) >= 11 is 1.12. The molecule has 0 amide bonds. The predicted octanol–water partition coefficient (Wildman–Crippen LogP) is 11.3. The highest BCUT2D eigenvalue weighted by atomic mass is 32.1. The molecule has 0 aliphatic carbocycles. The number of anilines is 1. The van der Waals surface area contributed by atoms with E-state index in [4.69, 9.17) is 33.7 Å². The molecule has 0 bridgehead atoms. The third-order valence-electron chi connectivity index (χ3n) is 13.3. The average molecular weight is 913 g/mol. The molecule has 2 unspecified atom stereocenters. The first-order chi connectivity index (χ1) is 32.5. The molecule has 9 rings (SSSR count). The monoisotopic (exact) mass is 912 g/mol. The minimum atomic E-state index is -1.09. The summed E-state index contributed by atoms with van der Waals surface area (Å²) in [5.41, 5.74) is 3.84. The van der Waals surface area contributed by atoms with Gasteiger partial charge >= 0.3 is 4.87 Å². The van der Waals surface area contributed by atoms with Crippen LogP contribution < -0.4 is 19.7 Å². The van der Waals surface area contributed by atoms with Crippen molar-refractivity contribution in [3.05, 3.63) is 219 Å². The van der Waals surface area contributed by atoms with Crippen LogP contribution in [0.25, 0.3) is 10.3 Å². The molecule has 342 valence electrons. The number of aromatic nitrogens is 3. The van der Waals surface area contributed by atoms with Crippen LogP contribution in [0.3, 0.4) is 0 Å². The molecule has 3 heterocycles. The van der Waals surface area contributed by atoms with E-state index in [1.807, 2.05) is 111 Å². The van der Waals surface area contributed by atoms with Crippen LogP contribution in [-0.2, 0) is 25.4 Å². The van der Waals surface area contributed by atoms with Gasteiger partial charge < -0.3 is 29.0 Å². The Labute approximate surface area is 396 Å². The predicted molar refractivity (Wildman–Crippen MR) is 265 cm³/mol. The van der Waals surface area contributed by atoms with Crippen LogP contribution in [0.2, 0.25) is 0 Å².